The average Bonchev–Trinajstić information content (AvgIpc) is 2.66. The molecule has 160 valence electrons. The highest BCUT2D eigenvalue weighted by molar-refractivity contribution is 6.08. The molecule has 1 aliphatic rings. The number of fused-ring (bicyclic) bond motifs is 1. The van der Waals surface area contributed by atoms with Crippen molar-refractivity contribution in [1.82, 2.24) is 10.3 Å². The summed E-state index contributed by atoms with van der Waals surface area (Å²) >= 11 is 0. The first kappa shape index (κ1) is 21.4. The van der Waals surface area contributed by atoms with Gasteiger partial charge in [-0.15, -0.1) is 13.2 Å². The van der Waals surface area contributed by atoms with Crippen LogP contribution >= 0.6 is 0 Å². The number of nitrogens with zero attached hydrogens (tertiary/aromatic N) is 2. The van der Waals surface area contributed by atoms with Gasteiger partial charge in [-0.3, -0.25) is 9.69 Å². The van der Waals surface area contributed by atoms with E-state index in [-0.39, 0.29) is 24.8 Å². The number of rotatable bonds is 5. The van der Waals surface area contributed by atoms with Gasteiger partial charge in [0, 0.05) is 13.3 Å². The monoisotopic (exact) mass is 424 g/mol. The molecule has 1 aromatic carbocycles. The van der Waals surface area contributed by atoms with Crippen molar-refractivity contribution < 1.29 is 32.2 Å². The third-order valence-corrected chi connectivity index (χ3v) is 4.23. The molecule has 2 heterocycles. The maximum atomic E-state index is 12.9. The molecule has 1 aliphatic heterocycles. The standard InChI is InChI=1S/C19H19F3N4O4/c1-11-7-14-17(23-8-11)26(9-16(27)24-14)18(28)25-15(10-29-2)12-3-5-13(6-4-12)30-19(20,21)22/h3-8,15H,9-10H2,1-2H3,(H,24,27)(H,25,28)/t15-/m0/s1. The summed E-state index contributed by atoms with van der Waals surface area (Å²) in [4.78, 5) is 30.3. The van der Waals surface area contributed by atoms with E-state index in [1.807, 2.05) is 0 Å². The van der Waals surface area contributed by atoms with Crippen molar-refractivity contribution in [2.45, 2.75) is 19.3 Å². The number of benzene rings is 1. The van der Waals surface area contributed by atoms with Crippen LogP contribution in [0.3, 0.4) is 0 Å². The summed E-state index contributed by atoms with van der Waals surface area (Å²) < 4.78 is 46.0. The summed E-state index contributed by atoms with van der Waals surface area (Å²) in [7, 11) is 1.42. The molecular formula is C19H19F3N4O4. The minimum atomic E-state index is -4.80. The van der Waals surface area contributed by atoms with Crippen molar-refractivity contribution in [2.75, 3.05) is 30.5 Å². The zero-order valence-electron chi connectivity index (χ0n) is 16.1. The molecule has 3 rings (SSSR count). The molecule has 0 saturated heterocycles. The van der Waals surface area contributed by atoms with E-state index in [1.54, 1.807) is 19.2 Å². The Hall–Kier alpha value is -3.34. The number of methoxy groups -OCH3 is 1. The number of anilines is 2. The van der Waals surface area contributed by atoms with E-state index in [4.69, 9.17) is 4.74 Å². The number of carbonyl (C=O) groups is 2. The lowest BCUT2D eigenvalue weighted by Gasteiger charge is -2.30. The number of alkyl halides is 3. The number of carbonyl (C=O) groups excluding carboxylic acids is 2. The number of aryl methyl sites for hydroxylation is 1. The second-order valence-corrected chi connectivity index (χ2v) is 6.59. The molecule has 0 unspecified atom stereocenters. The van der Waals surface area contributed by atoms with Crippen LogP contribution in [0, 0.1) is 6.92 Å². The van der Waals surface area contributed by atoms with E-state index >= 15 is 0 Å². The predicted octanol–water partition coefficient (Wildman–Crippen LogP) is 3.14. The van der Waals surface area contributed by atoms with E-state index < -0.39 is 18.4 Å². The Balaban J connectivity index is 1.78. The minimum absolute atomic E-state index is 0.0550. The van der Waals surface area contributed by atoms with Crippen LogP contribution in [0.4, 0.5) is 29.5 Å². The van der Waals surface area contributed by atoms with Crippen molar-refractivity contribution in [1.29, 1.82) is 0 Å². The number of aromatic nitrogens is 1. The van der Waals surface area contributed by atoms with Crippen LogP contribution < -0.4 is 20.3 Å². The number of urea groups is 1. The predicted molar refractivity (Wildman–Crippen MR) is 101 cm³/mol. The quantitative estimate of drug-likeness (QED) is 0.769. The van der Waals surface area contributed by atoms with Gasteiger partial charge in [0.1, 0.15) is 12.3 Å². The second-order valence-electron chi connectivity index (χ2n) is 6.59. The number of halogens is 3. The Labute approximate surface area is 170 Å². The fourth-order valence-electron chi connectivity index (χ4n) is 2.96. The van der Waals surface area contributed by atoms with Gasteiger partial charge in [-0.25, -0.2) is 9.78 Å². The van der Waals surface area contributed by atoms with E-state index in [2.05, 4.69) is 20.4 Å². The maximum absolute atomic E-state index is 12.9. The summed E-state index contributed by atoms with van der Waals surface area (Å²) in [6.07, 6.45) is -3.22. The molecule has 2 aromatic rings. The third kappa shape index (κ3) is 5.17. The number of nitrogens with one attached hydrogen (secondary N) is 2. The number of amides is 3. The van der Waals surface area contributed by atoms with Crippen LogP contribution in [0.25, 0.3) is 0 Å². The molecular weight excluding hydrogens is 405 g/mol. The second kappa shape index (κ2) is 8.57. The van der Waals surface area contributed by atoms with Crippen LogP contribution in [0.15, 0.2) is 36.5 Å². The molecule has 0 saturated carbocycles. The number of ether oxygens (including phenoxy) is 2. The first-order valence-corrected chi connectivity index (χ1v) is 8.85. The molecule has 11 heteroatoms. The van der Waals surface area contributed by atoms with Gasteiger partial charge in [0.25, 0.3) is 0 Å². The molecule has 0 radical (unpaired) electrons. The zero-order valence-corrected chi connectivity index (χ0v) is 16.1. The Morgan fingerprint density at radius 2 is 2.03 bits per heavy atom. The van der Waals surface area contributed by atoms with Crippen LogP contribution in [0.1, 0.15) is 17.2 Å². The van der Waals surface area contributed by atoms with E-state index in [1.165, 1.54) is 24.1 Å². The summed E-state index contributed by atoms with van der Waals surface area (Å²) in [5.74, 6) is -0.459. The fourth-order valence-corrected chi connectivity index (χ4v) is 2.96. The molecule has 3 amide bonds. The van der Waals surface area contributed by atoms with Crippen LogP contribution in [0.5, 0.6) is 5.75 Å². The molecule has 1 atom stereocenters. The third-order valence-electron chi connectivity index (χ3n) is 4.23. The van der Waals surface area contributed by atoms with Crippen molar-refractivity contribution in [2.24, 2.45) is 0 Å². The topological polar surface area (TPSA) is 92.8 Å². The fraction of sp³-hybridized carbons (Fsp3) is 0.316. The van der Waals surface area contributed by atoms with Gasteiger partial charge in [-0.1, -0.05) is 12.1 Å². The van der Waals surface area contributed by atoms with Gasteiger partial charge in [0.05, 0.1) is 18.3 Å². The molecule has 1 aromatic heterocycles. The lowest BCUT2D eigenvalue weighted by Crippen LogP contribution is -2.49. The van der Waals surface area contributed by atoms with Crippen LogP contribution in [-0.4, -0.2) is 43.5 Å². The van der Waals surface area contributed by atoms with Crippen molar-refractivity contribution >= 4 is 23.4 Å². The molecule has 0 aliphatic carbocycles. The average molecular weight is 424 g/mol. The van der Waals surface area contributed by atoms with Gasteiger partial charge in [-0.05, 0) is 36.2 Å². The molecule has 0 bridgehead atoms. The SMILES string of the molecule is COC[C@H](NC(=O)N1CC(=O)Nc2cc(C)cnc21)c1ccc(OC(F)(F)F)cc1. The Morgan fingerprint density at radius 1 is 1.33 bits per heavy atom. The lowest BCUT2D eigenvalue weighted by molar-refractivity contribution is -0.274. The number of hydrogen-bond acceptors (Lipinski definition) is 5. The lowest BCUT2D eigenvalue weighted by atomic mass is 10.1. The highest BCUT2D eigenvalue weighted by Gasteiger charge is 2.32. The largest absolute Gasteiger partial charge is 0.573 e. The first-order valence-electron chi connectivity index (χ1n) is 8.85. The van der Waals surface area contributed by atoms with Gasteiger partial charge < -0.3 is 20.1 Å². The summed E-state index contributed by atoms with van der Waals surface area (Å²) in [6.45, 7) is 1.63. The van der Waals surface area contributed by atoms with E-state index in [0.29, 0.717) is 17.1 Å². The molecule has 2 N–H and O–H groups in total. The van der Waals surface area contributed by atoms with Crippen LogP contribution in [0.2, 0.25) is 0 Å². The van der Waals surface area contributed by atoms with E-state index in [0.717, 1.165) is 17.7 Å². The minimum Gasteiger partial charge on any atom is -0.406 e. The van der Waals surface area contributed by atoms with Gasteiger partial charge in [0.2, 0.25) is 5.91 Å². The number of hydrogen-bond donors (Lipinski definition) is 2. The van der Waals surface area contributed by atoms with Gasteiger partial charge in [0.15, 0.2) is 5.82 Å². The smallest absolute Gasteiger partial charge is 0.406 e. The summed E-state index contributed by atoms with van der Waals surface area (Å²) in [5.41, 5.74) is 1.73. The van der Waals surface area contributed by atoms with Crippen molar-refractivity contribution in [3.63, 3.8) is 0 Å². The maximum Gasteiger partial charge on any atom is 0.573 e. The summed E-state index contributed by atoms with van der Waals surface area (Å²) in [5, 5.41) is 5.39. The zero-order chi connectivity index (χ0) is 21.9. The Kier molecular flexibility index (Phi) is 6.11. The van der Waals surface area contributed by atoms with Gasteiger partial charge in [-0.2, -0.15) is 0 Å². The van der Waals surface area contributed by atoms with Crippen molar-refractivity contribution in [3.05, 3.63) is 47.7 Å². The Morgan fingerprint density at radius 3 is 2.67 bits per heavy atom. The summed E-state index contributed by atoms with van der Waals surface area (Å²) in [6, 6.07) is 5.50. The van der Waals surface area contributed by atoms with E-state index in [9.17, 15) is 22.8 Å². The number of pyridine rings is 1. The molecule has 0 spiro atoms. The molecule has 30 heavy (non-hydrogen) atoms. The molecule has 8 nitrogen and oxygen atoms in total. The Bertz CT molecular complexity index is 934. The first-order chi connectivity index (χ1) is 14.2. The highest BCUT2D eigenvalue weighted by atomic mass is 19.4. The molecule has 0 fully saturated rings. The van der Waals surface area contributed by atoms with Crippen LogP contribution in [-0.2, 0) is 9.53 Å². The highest BCUT2D eigenvalue weighted by Crippen LogP contribution is 2.29. The van der Waals surface area contributed by atoms with Crippen molar-refractivity contribution in [3.8, 4) is 5.75 Å². The normalized spacial score (nSPS) is 14.6. The van der Waals surface area contributed by atoms with Gasteiger partial charge >= 0.3 is 12.4 Å².